The van der Waals surface area contributed by atoms with Gasteiger partial charge in [0.2, 0.25) is 0 Å². The number of amides is 1. The number of carbonyl (C=O) groups is 1. The molecule has 3 aromatic rings. The second kappa shape index (κ2) is 8.29. The summed E-state index contributed by atoms with van der Waals surface area (Å²) in [7, 11) is 0. The van der Waals surface area contributed by atoms with Gasteiger partial charge < -0.3 is 9.73 Å². The van der Waals surface area contributed by atoms with Crippen LogP contribution in [0.25, 0.3) is 11.0 Å². The van der Waals surface area contributed by atoms with Crippen LogP contribution in [0.5, 0.6) is 0 Å². The minimum absolute atomic E-state index is 0.0392. The summed E-state index contributed by atoms with van der Waals surface area (Å²) in [6.45, 7) is 6.43. The van der Waals surface area contributed by atoms with Gasteiger partial charge in [-0.3, -0.25) is 14.5 Å². The van der Waals surface area contributed by atoms with Crippen LogP contribution in [0.1, 0.15) is 36.0 Å². The van der Waals surface area contributed by atoms with Crippen molar-refractivity contribution in [3.05, 3.63) is 68.7 Å². The van der Waals surface area contributed by atoms with Crippen molar-refractivity contribution in [2.45, 2.75) is 19.9 Å². The number of thiophene rings is 1. The number of nitrogens with one attached hydrogen (secondary N) is 1. The number of para-hydroxylation sites is 1. The zero-order valence-electron chi connectivity index (χ0n) is 14.9. The highest BCUT2D eigenvalue weighted by Crippen LogP contribution is 2.22. The third-order valence-corrected chi connectivity index (χ3v) is 5.20. The lowest BCUT2D eigenvalue weighted by molar-refractivity contribution is 0.0908. The van der Waals surface area contributed by atoms with Crippen molar-refractivity contribution < 1.29 is 9.21 Å². The monoisotopic (exact) mass is 370 g/mol. The average molecular weight is 370 g/mol. The molecule has 1 aromatic carbocycles. The first-order valence-corrected chi connectivity index (χ1v) is 9.65. The van der Waals surface area contributed by atoms with E-state index in [9.17, 15) is 9.59 Å². The van der Waals surface area contributed by atoms with Crippen molar-refractivity contribution in [3.63, 3.8) is 0 Å². The Morgan fingerprint density at radius 1 is 1.23 bits per heavy atom. The molecule has 0 aliphatic heterocycles. The van der Waals surface area contributed by atoms with E-state index in [1.54, 1.807) is 35.6 Å². The van der Waals surface area contributed by atoms with Gasteiger partial charge in [-0.25, -0.2) is 0 Å². The lowest BCUT2D eigenvalue weighted by atomic mass is 10.1. The van der Waals surface area contributed by atoms with Crippen LogP contribution in [-0.2, 0) is 0 Å². The number of carbonyl (C=O) groups excluding carboxylic acids is 1. The summed E-state index contributed by atoms with van der Waals surface area (Å²) in [4.78, 5) is 27.0. The summed E-state index contributed by atoms with van der Waals surface area (Å²) in [5.41, 5.74) is 1.39. The van der Waals surface area contributed by atoms with E-state index in [1.807, 2.05) is 5.38 Å². The lowest BCUT2D eigenvalue weighted by Gasteiger charge is -2.29. The highest BCUT2D eigenvalue weighted by atomic mass is 32.1. The van der Waals surface area contributed by atoms with Gasteiger partial charge in [-0.1, -0.05) is 26.0 Å². The Hall–Kier alpha value is -2.44. The van der Waals surface area contributed by atoms with E-state index in [0.29, 0.717) is 17.5 Å². The van der Waals surface area contributed by atoms with Crippen molar-refractivity contribution in [3.8, 4) is 0 Å². The van der Waals surface area contributed by atoms with E-state index in [2.05, 4.69) is 35.5 Å². The van der Waals surface area contributed by atoms with Crippen LogP contribution < -0.4 is 10.7 Å². The molecule has 1 amide bonds. The van der Waals surface area contributed by atoms with Gasteiger partial charge in [-0.05, 0) is 47.6 Å². The predicted molar refractivity (Wildman–Crippen MR) is 105 cm³/mol. The molecule has 0 spiro atoms. The fraction of sp³-hybridized carbons (Fsp3) is 0.300. The van der Waals surface area contributed by atoms with Crippen LogP contribution in [-0.4, -0.2) is 30.4 Å². The van der Waals surface area contributed by atoms with Crippen LogP contribution in [0, 0.1) is 0 Å². The highest BCUT2D eigenvalue weighted by Gasteiger charge is 2.20. The molecule has 0 fully saturated rings. The number of hydrogen-bond acceptors (Lipinski definition) is 5. The Bertz CT molecular complexity index is 930. The standard InChI is InChI=1S/C20H22N2O3S/c1-3-22(4-2)16(14-9-10-26-13-14)12-21-20(24)19-11-17(23)15-7-5-6-8-18(15)25-19/h5-11,13,16H,3-4,12H2,1-2H3,(H,21,24). The van der Waals surface area contributed by atoms with E-state index in [-0.39, 0.29) is 23.1 Å². The Balaban J connectivity index is 1.79. The predicted octanol–water partition coefficient (Wildman–Crippen LogP) is 3.67. The molecule has 6 heteroatoms. The fourth-order valence-corrected chi connectivity index (χ4v) is 3.79. The summed E-state index contributed by atoms with van der Waals surface area (Å²) < 4.78 is 5.62. The van der Waals surface area contributed by atoms with E-state index >= 15 is 0 Å². The minimum atomic E-state index is -0.375. The largest absolute Gasteiger partial charge is 0.451 e. The molecule has 2 aromatic heterocycles. The van der Waals surface area contributed by atoms with E-state index in [1.165, 1.54) is 11.6 Å². The molecule has 0 saturated heterocycles. The van der Waals surface area contributed by atoms with Gasteiger partial charge in [0.1, 0.15) is 5.58 Å². The van der Waals surface area contributed by atoms with Crippen molar-refractivity contribution in [2.24, 2.45) is 0 Å². The molecular formula is C20H22N2O3S. The summed E-state index contributed by atoms with van der Waals surface area (Å²) in [5, 5.41) is 7.54. The molecule has 0 aliphatic carbocycles. The van der Waals surface area contributed by atoms with E-state index in [0.717, 1.165) is 13.1 Å². The quantitative estimate of drug-likeness (QED) is 0.689. The number of nitrogens with zero attached hydrogens (tertiary/aromatic N) is 1. The molecule has 0 bridgehead atoms. The third-order valence-electron chi connectivity index (χ3n) is 4.50. The Labute approximate surface area is 156 Å². The molecule has 136 valence electrons. The minimum Gasteiger partial charge on any atom is -0.451 e. The van der Waals surface area contributed by atoms with Gasteiger partial charge in [0, 0.05) is 12.6 Å². The zero-order chi connectivity index (χ0) is 18.5. The van der Waals surface area contributed by atoms with Gasteiger partial charge in [0.25, 0.3) is 5.91 Å². The maximum atomic E-state index is 12.6. The average Bonchev–Trinajstić information content (AvgIpc) is 3.19. The number of rotatable bonds is 7. The number of fused-ring (bicyclic) bond motifs is 1. The van der Waals surface area contributed by atoms with Crippen LogP contribution >= 0.6 is 11.3 Å². The smallest absolute Gasteiger partial charge is 0.287 e. The van der Waals surface area contributed by atoms with E-state index in [4.69, 9.17) is 4.42 Å². The molecule has 5 nitrogen and oxygen atoms in total. The maximum Gasteiger partial charge on any atom is 0.287 e. The Morgan fingerprint density at radius 3 is 2.69 bits per heavy atom. The van der Waals surface area contributed by atoms with Crippen LogP contribution in [0.3, 0.4) is 0 Å². The molecule has 26 heavy (non-hydrogen) atoms. The zero-order valence-corrected chi connectivity index (χ0v) is 15.7. The van der Waals surface area contributed by atoms with Crippen LogP contribution in [0.2, 0.25) is 0 Å². The third kappa shape index (κ3) is 3.86. The van der Waals surface area contributed by atoms with Crippen LogP contribution in [0.4, 0.5) is 0 Å². The van der Waals surface area contributed by atoms with Crippen LogP contribution in [0.15, 0.2) is 56.4 Å². The molecular weight excluding hydrogens is 348 g/mol. The first kappa shape index (κ1) is 18.4. The van der Waals surface area contributed by atoms with Gasteiger partial charge in [0.15, 0.2) is 11.2 Å². The fourth-order valence-electron chi connectivity index (χ4n) is 3.08. The topological polar surface area (TPSA) is 62.6 Å². The summed E-state index contributed by atoms with van der Waals surface area (Å²) in [6, 6.07) is 10.4. The lowest BCUT2D eigenvalue weighted by Crippen LogP contribution is -2.38. The molecule has 0 aliphatic rings. The second-order valence-electron chi connectivity index (χ2n) is 5.97. The summed E-state index contributed by atoms with van der Waals surface area (Å²) in [6.07, 6.45) is 0. The first-order chi connectivity index (χ1) is 12.6. The molecule has 2 heterocycles. The van der Waals surface area contributed by atoms with Gasteiger partial charge in [0.05, 0.1) is 11.4 Å². The van der Waals surface area contributed by atoms with Gasteiger partial charge >= 0.3 is 0 Å². The number of benzene rings is 1. The normalized spacial score (nSPS) is 12.4. The number of likely N-dealkylation sites (N-methyl/N-ethyl adjacent to an activating group) is 1. The van der Waals surface area contributed by atoms with Crippen molar-refractivity contribution in [1.29, 1.82) is 0 Å². The molecule has 3 rings (SSSR count). The Morgan fingerprint density at radius 2 is 2.00 bits per heavy atom. The highest BCUT2D eigenvalue weighted by molar-refractivity contribution is 7.07. The molecule has 0 saturated carbocycles. The number of hydrogen-bond donors (Lipinski definition) is 1. The first-order valence-electron chi connectivity index (χ1n) is 8.71. The van der Waals surface area contributed by atoms with Crippen molar-refractivity contribution >= 4 is 28.2 Å². The summed E-state index contributed by atoms with van der Waals surface area (Å²) >= 11 is 1.64. The maximum absolute atomic E-state index is 12.6. The van der Waals surface area contributed by atoms with Gasteiger partial charge in [-0.2, -0.15) is 11.3 Å². The molecule has 1 atom stereocenters. The molecule has 0 radical (unpaired) electrons. The molecule has 1 unspecified atom stereocenters. The summed E-state index contributed by atoms with van der Waals surface area (Å²) in [5.74, 6) is -0.336. The second-order valence-corrected chi connectivity index (χ2v) is 6.75. The van der Waals surface area contributed by atoms with Gasteiger partial charge in [-0.15, -0.1) is 0 Å². The SMILES string of the molecule is CCN(CC)C(CNC(=O)c1cc(=O)c2ccccc2o1)c1ccsc1. The Kier molecular flexibility index (Phi) is 5.85. The van der Waals surface area contributed by atoms with Crippen molar-refractivity contribution in [2.75, 3.05) is 19.6 Å². The van der Waals surface area contributed by atoms with E-state index < -0.39 is 0 Å². The molecule has 1 N–H and O–H groups in total. The van der Waals surface area contributed by atoms with Crippen molar-refractivity contribution in [1.82, 2.24) is 10.2 Å².